The minimum atomic E-state index is -2.80. The number of hydrogen-bond acceptors (Lipinski definition) is 5. The second-order valence-electron chi connectivity index (χ2n) is 8.09. The zero-order chi connectivity index (χ0) is 23.8. The molecule has 174 valence electrons. The number of nitrogens with zero attached hydrogens (tertiary/aromatic N) is 5. The van der Waals surface area contributed by atoms with E-state index in [4.69, 9.17) is 4.42 Å². The summed E-state index contributed by atoms with van der Waals surface area (Å²) in [6.45, 7) is 3.17. The Hall–Kier alpha value is -4.08. The second kappa shape index (κ2) is 8.69. The molecule has 4 aromatic rings. The molecule has 0 N–H and O–H groups in total. The largest absolute Gasteiger partial charge is 0.459 e. The molecule has 0 radical (unpaired) electrons. The number of alkyl halides is 2. The molecular weight excluding hydrogens is 444 g/mol. The normalized spacial score (nSPS) is 14.2. The van der Waals surface area contributed by atoms with Crippen LogP contribution in [0.2, 0.25) is 0 Å². The molecule has 8 nitrogen and oxygen atoms in total. The molecule has 1 aliphatic heterocycles. The van der Waals surface area contributed by atoms with Gasteiger partial charge in [0.05, 0.1) is 18.2 Å². The molecule has 1 saturated heterocycles. The summed E-state index contributed by atoms with van der Waals surface area (Å²) in [6.07, 6.45) is -0.0896. The van der Waals surface area contributed by atoms with Gasteiger partial charge in [0.15, 0.2) is 11.4 Å². The summed E-state index contributed by atoms with van der Waals surface area (Å²) in [5, 5.41) is 4.03. The maximum Gasteiger partial charge on any atom is 0.289 e. The molecule has 4 heterocycles. The first-order chi connectivity index (χ1) is 16.4. The minimum Gasteiger partial charge on any atom is -0.459 e. The molecule has 34 heavy (non-hydrogen) atoms. The third kappa shape index (κ3) is 3.91. The average molecular weight is 465 g/mol. The number of aromatic nitrogens is 3. The quantitative estimate of drug-likeness (QED) is 0.457. The van der Waals surface area contributed by atoms with E-state index in [-0.39, 0.29) is 34.5 Å². The van der Waals surface area contributed by atoms with Gasteiger partial charge in [-0.05, 0) is 25.1 Å². The first-order valence-corrected chi connectivity index (χ1v) is 10.8. The van der Waals surface area contributed by atoms with Crippen LogP contribution >= 0.6 is 0 Å². The van der Waals surface area contributed by atoms with Crippen molar-refractivity contribution in [2.24, 2.45) is 0 Å². The van der Waals surface area contributed by atoms with Gasteiger partial charge in [-0.15, -0.1) is 0 Å². The van der Waals surface area contributed by atoms with Crippen LogP contribution in [0, 0.1) is 6.92 Å². The zero-order valence-corrected chi connectivity index (χ0v) is 18.3. The summed E-state index contributed by atoms with van der Waals surface area (Å²) in [6, 6.07) is 11.9. The number of halogens is 2. The van der Waals surface area contributed by atoms with Gasteiger partial charge >= 0.3 is 0 Å². The number of benzene rings is 1. The molecule has 10 heteroatoms. The van der Waals surface area contributed by atoms with E-state index in [0.717, 1.165) is 10.1 Å². The molecule has 0 aliphatic carbocycles. The van der Waals surface area contributed by atoms with Crippen molar-refractivity contribution in [1.82, 2.24) is 24.4 Å². The molecule has 0 unspecified atom stereocenters. The van der Waals surface area contributed by atoms with E-state index in [2.05, 4.69) is 10.1 Å². The van der Waals surface area contributed by atoms with Gasteiger partial charge in [0.25, 0.3) is 18.2 Å². The van der Waals surface area contributed by atoms with Crippen molar-refractivity contribution < 1.29 is 22.8 Å². The summed E-state index contributed by atoms with van der Waals surface area (Å²) < 4.78 is 33.8. The Balaban J connectivity index is 1.43. The highest BCUT2D eigenvalue weighted by atomic mass is 19.3. The van der Waals surface area contributed by atoms with Crippen LogP contribution in [-0.2, 0) is 0 Å². The van der Waals surface area contributed by atoms with E-state index in [0.29, 0.717) is 37.4 Å². The van der Waals surface area contributed by atoms with Gasteiger partial charge in [-0.25, -0.2) is 18.3 Å². The zero-order valence-electron chi connectivity index (χ0n) is 18.3. The van der Waals surface area contributed by atoms with Crippen molar-refractivity contribution in [3.63, 3.8) is 0 Å². The number of rotatable bonds is 4. The summed E-state index contributed by atoms with van der Waals surface area (Å²) in [5.74, 6) is -0.359. The maximum absolute atomic E-state index is 13.8. The van der Waals surface area contributed by atoms with Crippen LogP contribution in [0.1, 0.15) is 38.6 Å². The molecular formula is C24H21F2N5O3. The SMILES string of the molecule is Cc1ccc(-c2cc(C(F)F)n3ncc(C(=O)N4CCN(C(=O)c5ccco5)CC4)c3n2)cc1. The Morgan fingerprint density at radius 3 is 2.29 bits per heavy atom. The van der Waals surface area contributed by atoms with Crippen molar-refractivity contribution in [1.29, 1.82) is 0 Å². The van der Waals surface area contributed by atoms with E-state index in [1.54, 1.807) is 34.1 Å². The summed E-state index contributed by atoms with van der Waals surface area (Å²) in [4.78, 5) is 33.4. The van der Waals surface area contributed by atoms with Crippen LogP contribution in [0.25, 0.3) is 16.9 Å². The summed E-state index contributed by atoms with van der Waals surface area (Å²) in [5.41, 5.74) is 1.91. The van der Waals surface area contributed by atoms with Gasteiger partial charge in [-0.2, -0.15) is 5.10 Å². The number of carbonyl (C=O) groups is 2. The number of amides is 2. The van der Waals surface area contributed by atoms with Crippen LogP contribution in [0.5, 0.6) is 0 Å². The average Bonchev–Trinajstić information content (AvgIpc) is 3.53. The molecule has 0 atom stereocenters. The Morgan fingerprint density at radius 2 is 1.68 bits per heavy atom. The fraction of sp³-hybridized carbons (Fsp3) is 0.250. The van der Waals surface area contributed by atoms with E-state index in [9.17, 15) is 18.4 Å². The smallest absolute Gasteiger partial charge is 0.289 e. The van der Waals surface area contributed by atoms with Crippen LogP contribution < -0.4 is 0 Å². The molecule has 1 aromatic carbocycles. The number of fused-ring (bicyclic) bond motifs is 1. The van der Waals surface area contributed by atoms with E-state index in [1.807, 2.05) is 19.1 Å². The molecule has 2 amide bonds. The fourth-order valence-corrected chi connectivity index (χ4v) is 4.00. The Kier molecular flexibility index (Phi) is 5.56. The first-order valence-electron chi connectivity index (χ1n) is 10.8. The predicted octanol–water partition coefficient (Wildman–Crippen LogP) is 3.83. The standard InChI is InChI=1S/C24H21F2N5O3/c1-15-4-6-16(7-5-15)18-13-19(21(25)26)31-22(28-18)17(14-27-31)23(32)29-8-10-30(11-9-29)24(33)20-3-2-12-34-20/h2-7,12-14,21H,8-11H2,1H3. The highest BCUT2D eigenvalue weighted by Crippen LogP contribution is 2.27. The number of aryl methyl sites for hydroxylation is 1. The van der Waals surface area contributed by atoms with Crippen molar-refractivity contribution in [2.75, 3.05) is 26.2 Å². The predicted molar refractivity (Wildman–Crippen MR) is 119 cm³/mol. The monoisotopic (exact) mass is 465 g/mol. The van der Waals surface area contributed by atoms with Gasteiger partial charge in [0, 0.05) is 31.7 Å². The fourth-order valence-electron chi connectivity index (χ4n) is 4.00. The van der Waals surface area contributed by atoms with E-state index in [1.165, 1.54) is 18.5 Å². The van der Waals surface area contributed by atoms with Crippen molar-refractivity contribution in [3.8, 4) is 11.3 Å². The topological polar surface area (TPSA) is 84.0 Å². The second-order valence-corrected chi connectivity index (χ2v) is 8.09. The number of furan rings is 1. The lowest BCUT2D eigenvalue weighted by Gasteiger charge is -2.34. The van der Waals surface area contributed by atoms with Crippen molar-refractivity contribution >= 4 is 17.5 Å². The van der Waals surface area contributed by atoms with Gasteiger partial charge in [0.1, 0.15) is 11.3 Å². The molecule has 3 aromatic heterocycles. The number of piperazine rings is 1. The molecule has 0 bridgehead atoms. The summed E-state index contributed by atoms with van der Waals surface area (Å²) >= 11 is 0. The lowest BCUT2D eigenvalue weighted by atomic mass is 10.1. The molecule has 1 fully saturated rings. The molecule has 0 spiro atoms. The van der Waals surface area contributed by atoms with Crippen LogP contribution in [0.3, 0.4) is 0 Å². The molecule has 5 rings (SSSR count). The lowest BCUT2D eigenvalue weighted by molar-refractivity contribution is 0.0519. The number of carbonyl (C=O) groups excluding carboxylic acids is 2. The first kappa shape index (κ1) is 21.7. The Labute approximate surface area is 193 Å². The van der Waals surface area contributed by atoms with Crippen molar-refractivity contribution in [2.45, 2.75) is 13.3 Å². The van der Waals surface area contributed by atoms with E-state index >= 15 is 0 Å². The lowest BCUT2D eigenvalue weighted by Crippen LogP contribution is -2.50. The highest BCUT2D eigenvalue weighted by molar-refractivity contribution is 6.00. The van der Waals surface area contributed by atoms with Crippen LogP contribution in [0.15, 0.2) is 59.3 Å². The van der Waals surface area contributed by atoms with Gasteiger partial charge < -0.3 is 14.2 Å². The van der Waals surface area contributed by atoms with Gasteiger partial charge in [-0.1, -0.05) is 29.8 Å². The van der Waals surface area contributed by atoms with Gasteiger partial charge in [-0.3, -0.25) is 9.59 Å². The summed E-state index contributed by atoms with van der Waals surface area (Å²) in [7, 11) is 0. The Bertz CT molecular complexity index is 1340. The minimum absolute atomic E-state index is 0.0764. The van der Waals surface area contributed by atoms with Crippen molar-refractivity contribution in [3.05, 3.63) is 77.5 Å². The van der Waals surface area contributed by atoms with Crippen LogP contribution in [0.4, 0.5) is 8.78 Å². The highest BCUT2D eigenvalue weighted by Gasteiger charge is 2.29. The Morgan fingerprint density at radius 1 is 1.00 bits per heavy atom. The van der Waals surface area contributed by atoms with Crippen LogP contribution in [-0.4, -0.2) is 62.4 Å². The van der Waals surface area contributed by atoms with E-state index < -0.39 is 6.43 Å². The molecule has 0 saturated carbocycles. The number of hydrogen-bond donors (Lipinski definition) is 0. The van der Waals surface area contributed by atoms with Gasteiger partial charge in [0.2, 0.25) is 0 Å². The maximum atomic E-state index is 13.8. The third-order valence-corrected chi connectivity index (χ3v) is 5.89. The molecule has 1 aliphatic rings. The third-order valence-electron chi connectivity index (χ3n) is 5.89.